The topological polar surface area (TPSA) is 59.6 Å². The molecule has 1 amide bonds. The summed E-state index contributed by atoms with van der Waals surface area (Å²) in [7, 11) is 0. The van der Waals surface area contributed by atoms with Crippen LogP contribution in [0.4, 0.5) is 10.5 Å². The molecule has 2 N–H and O–H groups in total. The lowest BCUT2D eigenvalue weighted by molar-refractivity contribution is 0.0350. The lowest BCUT2D eigenvalue weighted by Gasteiger charge is -2.39. The first-order valence-corrected chi connectivity index (χ1v) is 7.24. The van der Waals surface area contributed by atoms with Crippen molar-refractivity contribution in [1.29, 1.82) is 0 Å². The number of ether oxygens (including phenoxy) is 2. The molecule has 0 saturated carbocycles. The van der Waals surface area contributed by atoms with Crippen molar-refractivity contribution in [2.75, 3.05) is 18.4 Å². The highest BCUT2D eigenvalue weighted by Gasteiger charge is 2.34. The molecule has 6 heteroatoms. The first-order chi connectivity index (χ1) is 9.67. The van der Waals surface area contributed by atoms with Crippen LogP contribution in [-0.2, 0) is 4.74 Å². The molecule has 1 aliphatic rings. The summed E-state index contributed by atoms with van der Waals surface area (Å²) in [6, 6.07) is 5.11. The number of carbonyl (C=O) groups excluding carboxylic acids is 1. The summed E-state index contributed by atoms with van der Waals surface area (Å²) >= 11 is 6.14. The predicted octanol–water partition coefficient (Wildman–Crippen LogP) is 3.43. The van der Waals surface area contributed by atoms with Gasteiger partial charge in [-0.25, -0.2) is 4.79 Å². The van der Waals surface area contributed by atoms with Crippen LogP contribution in [0, 0.1) is 0 Å². The fourth-order valence-electron chi connectivity index (χ4n) is 1.90. The van der Waals surface area contributed by atoms with Gasteiger partial charge in [0, 0.05) is 24.8 Å². The van der Waals surface area contributed by atoms with Gasteiger partial charge in [-0.15, -0.1) is 0 Å². The average molecular weight is 313 g/mol. The molecule has 0 unspecified atom stereocenters. The van der Waals surface area contributed by atoms with Crippen LogP contribution in [0.15, 0.2) is 18.2 Å². The van der Waals surface area contributed by atoms with E-state index in [1.54, 1.807) is 18.2 Å². The zero-order valence-electron chi connectivity index (χ0n) is 12.7. The van der Waals surface area contributed by atoms with E-state index in [1.807, 2.05) is 27.7 Å². The van der Waals surface area contributed by atoms with Gasteiger partial charge in [0.25, 0.3) is 0 Å². The summed E-state index contributed by atoms with van der Waals surface area (Å²) < 4.78 is 11.1. The average Bonchev–Trinajstić information content (AvgIpc) is 2.29. The van der Waals surface area contributed by atoms with Crippen molar-refractivity contribution in [3.8, 4) is 5.75 Å². The fraction of sp³-hybridized carbons (Fsp3) is 0.533. The number of halogens is 1. The largest absolute Gasteiger partial charge is 0.483 e. The molecule has 116 valence electrons. The molecule has 0 aliphatic carbocycles. The molecule has 1 saturated heterocycles. The van der Waals surface area contributed by atoms with Crippen LogP contribution in [0.5, 0.6) is 5.75 Å². The fourth-order valence-corrected chi connectivity index (χ4v) is 2.05. The van der Waals surface area contributed by atoms with Crippen LogP contribution < -0.4 is 15.4 Å². The Morgan fingerprint density at radius 1 is 1.38 bits per heavy atom. The van der Waals surface area contributed by atoms with Crippen molar-refractivity contribution < 1.29 is 14.3 Å². The standard InChI is InChI=1S/C15H21ClN2O3/c1-14(2,3)21-13(19)18-10-5-6-11(16)12(7-10)20-15(4)8-17-9-15/h5-7,17H,8-9H2,1-4H3,(H,18,19). The molecule has 1 aromatic rings. The number of carbonyl (C=O) groups is 1. The van der Waals surface area contributed by atoms with Gasteiger partial charge in [0.2, 0.25) is 0 Å². The maximum absolute atomic E-state index is 11.8. The van der Waals surface area contributed by atoms with Gasteiger partial charge < -0.3 is 14.8 Å². The van der Waals surface area contributed by atoms with Crippen LogP contribution in [-0.4, -0.2) is 30.4 Å². The Labute approximate surface area is 130 Å². The van der Waals surface area contributed by atoms with E-state index in [-0.39, 0.29) is 5.60 Å². The molecule has 21 heavy (non-hydrogen) atoms. The van der Waals surface area contributed by atoms with Gasteiger partial charge >= 0.3 is 6.09 Å². The van der Waals surface area contributed by atoms with Crippen LogP contribution in [0.1, 0.15) is 27.7 Å². The Kier molecular flexibility index (Phi) is 4.35. The lowest BCUT2D eigenvalue weighted by atomic mass is 10.00. The summed E-state index contributed by atoms with van der Waals surface area (Å²) in [5, 5.41) is 6.34. The zero-order valence-corrected chi connectivity index (χ0v) is 13.5. The van der Waals surface area contributed by atoms with E-state index in [4.69, 9.17) is 21.1 Å². The van der Waals surface area contributed by atoms with Crippen molar-refractivity contribution in [3.63, 3.8) is 0 Å². The summed E-state index contributed by atoms with van der Waals surface area (Å²) in [6.45, 7) is 8.99. The van der Waals surface area contributed by atoms with E-state index >= 15 is 0 Å². The highest BCUT2D eigenvalue weighted by atomic mass is 35.5. The first-order valence-electron chi connectivity index (χ1n) is 6.86. The summed E-state index contributed by atoms with van der Waals surface area (Å²) in [5.74, 6) is 0.550. The maximum atomic E-state index is 11.8. The van der Waals surface area contributed by atoms with E-state index < -0.39 is 11.7 Å². The molecule has 1 fully saturated rings. The third-order valence-electron chi connectivity index (χ3n) is 2.93. The van der Waals surface area contributed by atoms with Gasteiger partial charge in [0.05, 0.1) is 5.02 Å². The van der Waals surface area contributed by atoms with Gasteiger partial charge in [-0.3, -0.25) is 5.32 Å². The van der Waals surface area contributed by atoms with Crippen molar-refractivity contribution in [2.24, 2.45) is 0 Å². The second-order valence-corrected chi connectivity index (χ2v) is 6.83. The second-order valence-electron chi connectivity index (χ2n) is 6.43. The summed E-state index contributed by atoms with van der Waals surface area (Å²) in [6.07, 6.45) is -0.507. The van der Waals surface area contributed by atoms with Gasteiger partial charge in [-0.2, -0.15) is 0 Å². The molecule has 1 aliphatic heterocycles. The van der Waals surface area contributed by atoms with Crippen LogP contribution in [0.25, 0.3) is 0 Å². The van der Waals surface area contributed by atoms with Crippen LogP contribution >= 0.6 is 11.6 Å². The zero-order chi connectivity index (χ0) is 15.7. The maximum Gasteiger partial charge on any atom is 0.412 e. The normalized spacial score (nSPS) is 16.8. The minimum Gasteiger partial charge on any atom is -0.483 e. The number of amides is 1. The Morgan fingerprint density at radius 2 is 2.05 bits per heavy atom. The molecule has 0 spiro atoms. The molecule has 0 radical (unpaired) electrons. The number of nitrogens with one attached hydrogen (secondary N) is 2. The number of benzene rings is 1. The van der Waals surface area contributed by atoms with Crippen LogP contribution in [0.3, 0.4) is 0 Å². The molecule has 1 aromatic carbocycles. The third-order valence-corrected chi connectivity index (χ3v) is 3.24. The summed E-state index contributed by atoms with van der Waals surface area (Å²) in [5.41, 5.74) is -0.214. The second kappa shape index (κ2) is 5.73. The van der Waals surface area contributed by atoms with Crippen LogP contribution in [0.2, 0.25) is 5.02 Å². The van der Waals surface area contributed by atoms with Crippen molar-refractivity contribution in [3.05, 3.63) is 23.2 Å². The lowest BCUT2D eigenvalue weighted by Crippen LogP contribution is -2.61. The van der Waals surface area contributed by atoms with E-state index in [0.717, 1.165) is 13.1 Å². The van der Waals surface area contributed by atoms with Crippen molar-refractivity contribution >= 4 is 23.4 Å². The Bertz CT molecular complexity index is 536. The van der Waals surface area contributed by atoms with E-state index in [1.165, 1.54) is 0 Å². The quantitative estimate of drug-likeness (QED) is 0.897. The number of hydrogen-bond donors (Lipinski definition) is 2. The first kappa shape index (κ1) is 15.9. The molecule has 0 bridgehead atoms. The smallest absolute Gasteiger partial charge is 0.412 e. The number of anilines is 1. The van der Waals surface area contributed by atoms with Gasteiger partial charge in [0.1, 0.15) is 17.0 Å². The minimum atomic E-state index is -0.541. The Morgan fingerprint density at radius 3 is 2.57 bits per heavy atom. The van der Waals surface area contributed by atoms with Crippen molar-refractivity contribution in [2.45, 2.75) is 38.9 Å². The molecule has 0 aromatic heterocycles. The van der Waals surface area contributed by atoms with Crippen molar-refractivity contribution in [1.82, 2.24) is 5.32 Å². The Balaban J connectivity index is 2.06. The summed E-state index contributed by atoms with van der Waals surface area (Å²) in [4.78, 5) is 11.8. The number of hydrogen-bond acceptors (Lipinski definition) is 4. The van der Waals surface area contributed by atoms with E-state index in [2.05, 4.69) is 10.6 Å². The highest BCUT2D eigenvalue weighted by Crippen LogP contribution is 2.32. The highest BCUT2D eigenvalue weighted by molar-refractivity contribution is 6.32. The molecule has 1 heterocycles. The van der Waals surface area contributed by atoms with E-state index in [0.29, 0.717) is 16.5 Å². The van der Waals surface area contributed by atoms with Gasteiger partial charge in [-0.05, 0) is 39.8 Å². The molecular weight excluding hydrogens is 292 g/mol. The monoisotopic (exact) mass is 312 g/mol. The Hall–Kier alpha value is -1.46. The number of rotatable bonds is 3. The molecule has 5 nitrogen and oxygen atoms in total. The van der Waals surface area contributed by atoms with Gasteiger partial charge in [-0.1, -0.05) is 11.6 Å². The molecule has 2 rings (SSSR count). The third kappa shape index (κ3) is 4.51. The van der Waals surface area contributed by atoms with E-state index in [9.17, 15) is 4.79 Å². The SMILES string of the molecule is CC(C)(C)OC(=O)Nc1ccc(Cl)c(OC2(C)CNC2)c1. The minimum absolute atomic E-state index is 0.256. The van der Waals surface area contributed by atoms with Gasteiger partial charge in [0.15, 0.2) is 0 Å². The molecular formula is C15H21ClN2O3. The predicted molar refractivity (Wildman–Crippen MR) is 83.2 cm³/mol. The molecule has 0 atom stereocenters.